The van der Waals surface area contributed by atoms with Crippen LogP contribution in [0.4, 0.5) is 11.5 Å². The average Bonchev–Trinajstić information content (AvgIpc) is 3.01. The topological polar surface area (TPSA) is 90.1 Å². The van der Waals surface area contributed by atoms with Gasteiger partial charge in [-0.15, -0.1) is 0 Å². The number of carbonyl (C=O) groups is 1. The summed E-state index contributed by atoms with van der Waals surface area (Å²) in [6.45, 7) is 6.25. The van der Waals surface area contributed by atoms with Gasteiger partial charge in [-0.05, 0) is 30.5 Å². The van der Waals surface area contributed by atoms with Crippen LogP contribution in [-0.4, -0.2) is 27.7 Å². The van der Waals surface area contributed by atoms with Crippen LogP contribution in [-0.2, 0) is 4.74 Å². The van der Waals surface area contributed by atoms with E-state index in [4.69, 9.17) is 9.26 Å². The Hall–Kier alpha value is -2.96. The zero-order valence-electron chi connectivity index (χ0n) is 13.7. The quantitative estimate of drug-likeness (QED) is 0.715. The summed E-state index contributed by atoms with van der Waals surface area (Å²) in [5.41, 5.74) is 2.38. The third kappa shape index (κ3) is 3.05. The summed E-state index contributed by atoms with van der Waals surface area (Å²) in [5.74, 6) is 0.337. The molecule has 0 atom stereocenters. The lowest BCUT2D eigenvalue weighted by Gasteiger charge is -2.09. The number of aromatic nitrogens is 3. The maximum absolute atomic E-state index is 12.0. The molecule has 1 aromatic carbocycles. The maximum atomic E-state index is 12.0. The van der Waals surface area contributed by atoms with E-state index in [1.807, 2.05) is 24.3 Å². The standard InChI is InChI=1S/C17H18N4O3/c1-4-23-17(22)14-13-15(18-9-19-16(13)24-21-14)20-12-7-5-11(6-8-12)10(2)3/h5-10H,4H2,1-3H3,(H,18,19,20). The highest BCUT2D eigenvalue weighted by Crippen LogP contribution is 2.27. The Kier molecular flexibility index (Phi) is 4.41. The van der Waals surface area contributed by atoms with Crippen LogP contribution in [0.1, 0.15) is 42.7 Å². The second kappa shape index (κ2) is 6.66. The summed E-state index contributed by atoms with van der Waals surface area (Å²) in [5, 5.41) is 7.35. The van der Waals surface area contributed by atoms with E-state index in [9.17, 15) is 4.79 Å². The van der Waals surface area contributed by atoms with Gasteiger partial charge in [0.1, 0.15) is 17.5 Å². The smallest absolute Gasteiger partial charge is 0.361 e. The number of carbonyl (C=O) groups excluding carboxylic acids is 1. The van der Waals surface area contributed by atoms with Crippen molar-refractivity contribution in [2.24, 2.45) is 0 Å². The molecule has 3 rings (SSSR count). The zero-order valence-corrected chi connectivity index (χ0v) is 13.7. The van der Waals surface area contributed by atoms with E-state index in [1.54, 1.807) is 6.92 Å². The van der Waals surface area contributed by atoms with Crippen LogP contribution in [0.2, 0.25) is 0 Å². The van der Waals surface area contributed by atoms with Gasteiger partial charge in [0.2, 0.25) is 5.69 Å². The van der Waals surface area contributed by atoms with Crippen LogP contribution in [0, 0.1) is 0 Å². The molecular weight excluding hydrogens is 308 g/mol. The first-order chi connectivity index (χ1) is 11.6. The Balaban J connectivity index is 1.97. The van der Waals surface area contributed by atoms with Crippen molar-refractivity contribution in [3.05, 3.63) is 41.9 Å². The fourth-order valence-electron chi connectivity index (χ4n) is 2.31. The normalized spacial score (nSPS) is 11.0. The summed E-state index contributed by atoms with van der Waals surface area (Å²) in [6, 6.07) is 8.01. The van der Waals surface area contributed by atoms with Gasteiger partial charge in [0.05, 0.1) is 6.61 Å². The van der Waals surface area contributed by atoms with Gasteiger partial charge < -0.3 is 14.6 Å². The van der Waals surface area contributed by atoms with E-state index in [0.717, 1.165) is 5.69 Å². The maximum Gasteiger partial charge on any atom is 0.361 e. The number of esters is 1. The number of hydrogen-bond donors (Lipinski definition) is 1. The molecule has 0 amide bonds. The Labute approximate surface area is 139 Å². The minimum absolute atomic E-state index is 0.0637. The summed E-state index contributed by atoms with van der Waals surface area (Å²) in [7, 11) is 0. The van der Waals surface area contributed by atoms with Gasteiger partial charge in [-0.1, -0.05) is 31.1 Å². The Bertz CT molecular complexity index is 856. The molecule has 0 spiro atoms. The Morgan fingerprint density at radius 1 is 1.25 bits per heavy atom. The first-order valence-electron chi connectivity index (χ1n) is 7.74. The second-order valence-electron chi connectivity index (χ2n) is 5.56. The van der Waals surface area contributed by atoms with E-state index in [1.165, 1.54) is 11.9 Å². The SMILES string of the molecule is CCOC(=O)c1noc2ncnc(Nc3ccc(C(C)C)cc3)c12. The third-order valence-electron chi connectivity index (χ3n) is 3.58. The summed E-state index contributed by atoms with van der Waals surface area (Å²) < 4.78 is 10.1. The number of fused-ring (bicyclic) bond motifs is 1. The van der Waals surface area contributed by atoms with Gasteiger partial charge in [0, 0.05) is 5.69 Å². The highest BCUT2D eigenvalue weighted by Gasteiger charge is 2.22. The molecule has 2 heterocycles. The fourth-order valence-corrected chi connectivity index (χ4v) is 2.31. The van der Waals surface area contributed by atoms with Crippen molar-refractivity contribution in [1.29, 1.82) is 0 Å². The lowest BCUT2D eigenvalue weighted by atomic mass is 10.0. The molecule has 3 aromatic rings. The highest BCUT2D eigenvalue weighted by molar-refractivity contribution is 6.05. The van der Waals surface area contributed by atoms with Gasteiger partial charge in [-0.3, -0.25) is 0 Å². The van der Waals surface area contributed by atoms with Crippen LogP contribution in [0.15, 0.2) is 35.1 Å². The molecule has 0 aliphatic rings. The lowest BCUT2D eigenvalue weighted by molar-refractivity contribution is 0.0517. The number of nitrogens with zero attached hydrogens (tertiary/aromatic N) is 3. The first-order valence-corrected chi connectivity index (χ1v) is 7.74. The van der Waals surface area contributed by atoms with E-state index in [-0.39, 0.29) is 18.0 Å². The van der Waals surface area contributed by atoms with Gasteiger partial charge in [0.15, 0.2) is 0 Å². The van der Waals surface area contributed by atoms with Crippen LogP contribution >= 0.6 is 0 Å². The van der Waals surface area contributed by atoms with Gasteiger partial charge in [0.25, 0.3) is 5.71 Å². The van der Waals surface area contributed by atoms with Crippen LogP contribution in [0.5, 0.6) is 0 Å². The summed E-state index contributed by atoms with van der Waals surface area (Å²) >= 11 is 0. The Morgan fingerprint density at radius 3 is 2.67 bits per heavy atom. The molecule has 7 nitrogen and oxygen atoms in total. The summed E-state index contributed by atoms with van der Waals surface area (Å²) in [6.07, 6.45) is 1.35. The molecule has 0 bridgehead atoms. The molecule has 24 heavy (non-hydrogen) atoms. The average molecular weight is 326 g/mol. The molecule has 0 aliphatic carbocycles. The van der Waals surface area contributed by atoms with Crippen molar-refractivity contribution in [3.63, 3.8) is 0 Å². The molecule has 0 radical (unpaired) electrons. The van der Waals surface area contributed by atoms with Gasteiger partial charge in [-0.25, -0.2) is 9.78 Å². The predicted molar refractivity (Wildman–Crippen MR) is 89.4 cm³/mol. The molecule has 0 aliphatic heterocycles. The minimum atomic E-state index is -0.566. The summed E-state index contributed by atoms with van der Waals surface area (Å²) in [4.78, 5) is 20.2. The van der Waals surface area contributed by atoms with Gasteiger partial charge in [-0.2, -0.15) is 4.98 Å². The fraction of sp³-hybridized carbons (Fsp3) is 0.294. The third-order valence-corrected chi connectivity index (χ3v) is 3.58. The van der Waals surface area contributed by atoms with Crippen LogP contribution < -0.4 is 5.32 Å². The zero-order chi connectivity index (χ0) is 17.1. The first kappa shape index (κ1) is 15.9. The predicted octanol–water partition coefficient (Wildman–Crippen LogP) is 3.66. The van der Waals surface area contributed by atoms with Crippen LogP contribution in [0.3, 0.4) is 0 Å². The molecule has 2 aromatic heterocycles. The lowest BCUT2D eigenvalue weighted by Crippen LogP contribution is -2.06. The number of nitrogens with one attached hydrogen (secondary N) is 1. The largest absolute Gasteiger partial charge is 0.461 e. The van der Waals surface area contributed by atoms with E-state index in [2.05, 4.69) is 34.3 Å². The van der Waals surface area contributed by atoms with E-state index in [0.29, 0.717) is 17.1 Å². The van der Waals surface area contributed by atoms with Crippen molar-refractivity contribution in [2.75, 3.05) is 11.9 Å². The number of benzene rings is 1. The Morgan fingerprint density at radius 2 is 2.00 bits per heavy atom. The van der Waals surface area contributed by atoms with E-state index < -0.39 is 5.97 Å². The molecule has 7 heteroatoms. The molecule has 0 saturated carbocycles. The minimum Gasteiger partial charge on any atom is -0.461 e. The molecular formula is C17H18N4O3. The highest BCUT2D eigenvalue weighted by atomic mass is 16.5. The van der Waals surface area contributed by atoms with Crippen LogP contribution in [0.25, 0.3) is 11.1 Å². The molecule has 1 N–H and O–H groups in total. The number of ether oxygens (including phenoxy) is 1. The second-order valence-corrected chi connectivity index (χ2v) is 5.56. The van der Waals surface area contributed by atoms with Crippen molar-refractivity contribution in [3.8, 4) is 0 Å². The number of rotatable bonds is 5. The van der Waals surface area contributed by atoms with E-state index >= 15 is 0 Å². The van der Waals surface area contributed by atoms with Gasteiger partial charge >= 0.3 is 5.97 Å². The number of hydrogen-bond acceptors (Lipinski definition) is 7. The molecule has 0 fully saturated rings. The van der Waals surface area contributed by atoms with Crippen molar-refractivity contribution in [1.82, 2.24) is 15.1 Å². The number of anilines is 2. The monoisotopic (exact) mass is 326 g/mol. The molecule has 0 saturated heterocycles. The van der Waals surface area contributed by atoms with Crippen molar-refractivity contribution < 1.29 is 14.1 Å². The van der Waals surface area contributed by atoms with Crippen molar-refractivity contribution in [2.45, 2.75) is 26.7 Å². The molecule has 124 valence electrons. The molecule has 0 unspecified atom stereocenters. The van der Waals surface area contributed by atoms with Crippen molar-refractivity contribution >= 4 is 28.6 Å².